The first-order valence-electron chi connectivity index (χ1n) is 6.98. The second kappa shape index (κ2) is 5.51. The van der Waals surface area contributed by atoms with Crippen LogP contribution in [0.15, 0.2) is 11.0 Å². The van der Waals surface area contributed by atoms with Gasteiger partial charge in [-0.2, -0.15) is 5.10 Å². The smallest absolute Gasteiger partial charge is 0.285 e. The van der Waals surface area contributed by atoms with Crippen molar-refractivity contribution in [3.63, 3.8) is 0 Å². The predicted molar refractivity (Wildman–Crippen MR) is 75.9 cm³/mol. The Morgan fingerprint density at radius 2 is 1.89 bits per heavy atom. The average molecular weight is 283 g/mol. The SMILES string of the molecule is O=c1[nH]ncc(N2CCN(C3CCCC3)CC2)c1Cl. The molecule has 1 saturated heterocycles. The molecule has 0 bridgehead atoms. The second-order valence-electron chi connectivity index (χ2n) is 5.36. The standard InChI is InChI=1S/C13H19ClN4O/c14-12-11(9-15-16-13(12)19)18-7-5-17(6-8-18)10-3-1-2-4-10/h9-10H,1-8H2,(H,16,19). The second-order valence-corrected chi connectivity index (χ2v) is 5.74. The van der Waals surface area contributed by atoms with E-state index in [4.69, 9.17) is 11.6 Å². The Hall–Kier alpha value is -1.07. The van der Waals surface area contributed by atoms with Gasteiger partial charge in [-0.3, -0.25) is 9.69 Å². The number of hydrogen-bond donors (Lipinski definition) is 1. The third-order valence-electron chi connectivity index (χ3n) is 4.27. The zero-order chi connectivity index (χ0) is 13.2. The summed E-state index contributed by atoms with van der Waals surface area (Å²) in [5.74, 6) is 0. The summed E-state index contributed by atoms with van der Waals surface area (Å²) < 4.78 is 0. The van der Waals surface area contributed by atoms with Gasteiger partial charge in [0.15, 0.2) is 0 Å². The van der Waals surface area contributed by atoms with E-state index in [1.807, 2.05) is 0 Å². The van der Waals surface area contributed by atoms with E-state index in [0.29, 0.717) is 0 Å². The van der Waals surface area contributed by atoms with Crippen LogP contribution in [0.3, 0.4) is 0 Å². The molecule has 2 fully saturated rings. The summed E-state index contributed by atoms with van der Waals surface area (Å²) in [6, 6.07) is 0.773. The van der Waals surface area contributed by atoms with Crippen molar-refractivity contribution in [1.29, 1.82) is 0 Å². The van der Waals surface area contributed by atoms with Gasteiger partial charge in [-0.1, -0.05) is 24.4 Å². The van der Waals surface area contributed by atoms with Crippen LogP contribution in [0.25, 0.3) is 0 Å². The molecule has 0 atom stereocenters. The fourth-order valence-electron chi connectivity index (χ4n) is 3.19. The summed E-state index contributed by atoms with van der Waals surface area (Å²) in [5, 5.41) is 6.45. The Morgan fingerprint density at radius 3 is 2.58 bits per heavy atom. The van der Waals surface area contributed by atoms with Crippen LogP contribution in [0.5, 0.6) is 0 Å². The first kappa shape index (κ1) is 12.9. The Morgan fingerprint density at radius 1 is 1.21 bits per heavy atom. The molecule has 0 amide bonds. The summed E-state index contributed by atoms with van der Waals surface area (Å²) in [6.45, 7) is 3.93. The molecular weight excluding hydrogens is 264 g/mol. The van der Waals surface area contributed by atoms with Gasteiger partial charge in [-0.25, -0.2) is 5.10 Å². The Bertz CT molecular complexity index is 490. The number of piperazine rings is 1. The van der Waals surface area contributed by atoms with Gasteiger partial charge in [-0.15, -0.1) is 0 Å². The molecule has 1 aromatic heterocycles. The highest BCUT2D eigenvalue weighted by atomic mass is 35.5. The fourth-order valence-corrected chi connectivity index (χ4v) is 3.40. The van der Waals surface area contributed by atoms with E-state index < -0.39 is 0 Å². The molecule has 2 heterocycles. The highest BCUT2D eigenvalue weighted by Crippen LogP contribution is 2.26. The lowest BCUT2D eigenvalue weighted by Gasteiger charge is -2.39. The highest BCUT2D eigenvalue weighted by molar-refractivity contribution is 6.32. The van der Waals surface area contributed by atoms with Crippen LogP contribution in [0.2, 0.25) is 5.02 Å². The van der Waals surface area contributed by atoms with Crippen LogP contribution in [0.4, 0.5) is 5.69 Å². The quantitative estimate of drug-likeness (QED) is 0.893. The minimum atomic E-state index is -0.308. The van der Waals surface area contributed by atoms with E-state index in [2.05, 4.69) is 20.0 Å². The van der Waals surface area contributed by atoms with Gasteiger partial charge in [0.1, 0.15) is 5.02 Å². The van der Waals surface area contributed by atoms with Gasteiger partial charge in [0.05, 0.1) is 11.9 Å². The summed E-state index contributed by atoms with van der Waals surface area (Å²) in [7, 11) is 0. The molecule has 0 spiro atoms. The molecule has 3 rings (SSSR count). The molecular formula is C13H19ClN4O. The third kappa shape index (κ3) is 2.62. The Kier molecular flexibility index (Phi) is 3.75. The topological polar surface area (TPSA) is 52.2 Å². The van der Waals surface area contributed by atoms with Crippen molar-refractivity contribution in [1.82, 2.24) is 15.1 Å². The molecule has 104 valence electrons. The van der Waals surface area contributed by atoms with Crippen LogP contribution in [0, 0.1) is 0 Å². The molecule has 1 saturated carbocycles. The number of anilines is 1. The minimum absolute atomic E-state index is 0.254. The van der Waals surface area contributed by atoms with E-state index in [-0.39, 0.29) is 10.6 Å². The number of rotatable bonds is 2. The number of nitrogens with one attached hydrogen (secondary N) is 1. The number of halogens is 1. The van der Waals surface area contributed by atoms with Crippen LogP contribution < -0.4 is 10.5 Å². The first-order valence-corrected chi connectivity index (χ1v) is 7.35. The van der Waals surface area contributed by atoms with Gasteiger partial charge in [-0.05, 0) is 12.8 Å². The van der Waals surface area contributed by atoms with Crippen LogP contribution in [0.1, 0.15) is 25.7 Å². The monoisotopic (exact) mass is 282 g/mol. The van der Waals surface area contributed by atoms with Crippen LogP contribution in [-0.4, -0.2) is 47.3 Å². The average Bonchev–Trinajstić information content (AvgIpc) is 2.96. The van der Waals surface area contributed by atoms with Crippen molar-refractivity contribution in [2.24, 2.45) is 0 Å². The fraction of sp³-hybridized carbons (Fsp3) is 0.692. The molecule has 19 heavy (non-hydrogen) atoms. The number of H-pyrrole nitrogens is 1. The molecule has 0 unspecified atom stereocenters. The number of hydrogen-bond acceptors (Lipinski definition) is 4. The van der Waals surface area contributed by atoms with Crippen molar-refractivity contribution >= 4 is 17.3 Å². The summed E-state index contributed by atoms with van der Waals surface area (Å²) >= 11 is 6.05. The lowest BCUT2D eigenvalue weighted by atomic mass is 10.2. The molecule has 1 aromatic rings. The largest absolute Gasteiger partial charge is 0.366 e. The van der Waals surface area contributed by atoms with Crippen molar-refractivity contribution in [2.75, 3.05) is 31.1 Å². The lowest BCUT2D eigenvalue weighted by molar-refractivity contribution is 0.187. The first-order chi connectivity index (χ1) is 9.25. The van der Waals surface area contributed by atoms with E-state index >= 15 is 0 Å². The van der Waals surface area contributed by atoms with Crippen molar-refractivity contribution in [2.45, 2.75) is 31.7 Å². The molecule has 0 radical (unpaired) electrons. The molecule has 6 heteroatoms. The van der Waals surface area contributed by atoms with E-state index in [9.17, 15) is 4.79 Å². The molecule has 5 nitrogen and oxygen atoms in total. The van der Waals surface area contributed by atoms with Gasteiger partial charge in [0.25, 0.3) is 5.56 Å². The van der Waals surface area contributed by atoms with Crippen molar-refractivity contribution < 1.29 is 0 Å². The van der Waals surface area contributed by atoms with E-state index in [1.165, 1.54) is 25.7 Å². The molecule has 2 aliphatic rings. The number of nitrogens with zero attached hydrogens (tertiary/aromatic N) is 3. The molecule has 0 aromatic carbocycles. The zero-order valence-electron chi connectivity index (χ0n) is 10.9. The third-order valence-corrected chi connectivity index (χ3v) is 4.64. The molecule has 1 aliphatic carbocycles. The van der Waals surface area contributed by atoms with E-state index in [1.54, 1.807) is 6.20 Å². The van der Waals surface area contributed by atoms with Gasteiger partial charge < -0.3 is 4.90 Å². The maximum absolute atomic E-state index is 11.5. The highest BCUT2D eigenvalue weighted by Gasteiger charge is 2.27. The summed E-state index contributed by atoms with van der Waals surface area (Å²) in [6.07, 6.45) is 7.07. The van der Waals surface area contributed by atoms with Gasteiger partial charge in [0.2, 0.25) is 0 Å². The molecule has 1 aliphatic heterocycles. The predicted octanol–water partition coefficient (Wildman–Crippen LogP) is 1.49. The van der Waals surface area contributed by atoms with Gasteiger partial charge in [0, 0.05) is 32.2 Å². The normalized spacial score (nSPS) is 22.1. The summed E-state index contributed by atoms with van der Waals surface area (Å²) in [4.78, 5) is 16.2. The number of aromatic amines is 1. The van der Waals surface area contributed by atoms with Crippen molar-refractivity contribution in [3.05, 3.63) is 21.6 Å². The van der Waals surface area contributed by atoms with Gasteiger partial charge >= 0.3 is 0 Å². The van der Waals surface area contributed by atoms with E-state index in [0.717, 1.165) is 37.9 Å². The molecule has 1 N–H and O–H groups in total. The zero-order valence-corrected chi connectivity index (χ0v) is 11.7. The Labute approximate surface area is 117 Å². The van der Waals surface area contributed by atoms with Crippen molar-refractivity contribution in [3.8, 4) is 0 Å². The minimum Gasteiger partial charge on any atom is -0.366 e. The van der Waals surface area contributed by atoms with Crippen LogP contribution in [-0.2, 0) is 0 Å². The maximum atomic E-state index is 11.5. The Balaban J connectivity index is 1.66. The number of aromatic nitrogens is 2. The maximum Gasteiger partial charge on any atom is 0.285 e. The summed E-state index contributed by atoms with van der Waals surface area (Å²) in [5.41, 5.74) is 0.453. The van der Waals surface area contributed by atoms with Crippen LogP contribution >= 0.6 is 11.6 Å². The lowest BCUT2D eigenvalue weighted by Crippen LogP contribution is -2.50.